The highest BCUT2D eigenvalue weighted by atomic mass is 127. The molecule has 0 saturated heterocycles. The van der Waals surface area contributed by atoms with Crippen molar-refractivity contribution in [2.45, 2.75) is 26.5 Å². The van der Waals surface area contributed by atoms with Gasteiger partial charge in [0.2, 0.25) is 6.33 Å². The summed E-state index contributed by atoms with van der Waals surface area (Å²) in [6, 6.07) is 11.6. The highest BCUT2D eigenvalue weighted by Gasteiger charge is 2.18. The van der Waals surface area contributed by atoms with E-state index >= 15 is 0 Å². The lowest BCUT2D eigenvalue weighted by Crippen LogP contribution is -3.00. The molecular weight excluding hydrogens is 451 g/mol. The number of fused-ring (bicyclic) bond motifs is 1. The zero-order chi connectivity index (χ0) is 17.3. The van der Waals surface area contributed by atoms with Crippen molar-refractivity contribution in [3.05, 3.63) is 58.9 Å². The predicted octanol–water partition coefficient (Wildman–Crippen LogP) is 0.180. The molecule has 1 aromatic heterocycles. The van der Waals surface area contributed by atoms with Gasteiger partial charge in [0, 0.05) is 0 Å². The minimum absolute atomic E-state index is 0. The first-order valence-electron chi connectivity index (χ1n) is 7.97. The van der Waals surface area contributed by atoms with Crippen LogP contribution in [0.5, 0.6) is 5.75 Å². The Balaban J connectivity index is 0.00000225. The molecule has 0 radical (unpaired) electrons. The monoisotopic (exact) mass is 472 g/mol. The third kappa shape index (κ3) is 4.46. The van der Waals surface area contributed by atoms with Gasteiger partial charge in [0.05, 0.1) is 12.1 Å². The second kappa shape index (κ2) is 8.38. The number of ether oxygens (including phenoxy) is 1. The molecule has 1 atom stereocenters. The molecule has 0 bridgehead atoms. The van der Waals surface area contributed by atoms with Crippen molar-refractivity contribution in [2.24, 2.45) is 7.05 Å². The van der Waals surface area contributed by atoms with Crippen molar-refractivity contribution in [1.29, 1.82) is 0 Å². The number of aryl methyl sites for hydroxylation is 3. The van der Waals surface area contributed by atoms with Gasteiger partial charge in [0.25, 0.3) is 0 Å². The molecule has 134 valence electrons. The van der Waals surface area contributed by atoms with E-state index in [0.717, 1.165) is 11.0 Å². The van der Waals surface area contributed by atoms with E-state index in [1.54, 1.807) is 12.1 Å². The zero-order valence-corrected chi connectivity index (χ0v) is 17.5. The van der Waals surface area contributed by atoms with Crippen LogP contribution in [-0.4, -0.2) is 22.4 Å². The normalized spacial score (nSPS) is 12.0. The van der Waals surface area contributed by atoms with E-state index in [9.17, 15) is 5.11 Å². The second-order valence-electron chi connectivity index (χ2n) is 6.20. The van der Waals surface area contributed by atoms with Crippen LogP contribution in [0.2, 0.25) is 5.02 Å². The Hall–Kier alpha value is -1.31. The Morgan fingerprint density at radius 1 is 1.20 bits per heavy atom. The van der Waals surface area contributed by atoms with Crippen molar-refractivity contribution in [3.63, 3.8) is 0 Å². The van der Waals surface area contributed by atoms with E-state index in [1.165, 1.54) is 11.1 Å². The number of halogens is 2. The number of hydrogen-bond acceptors (Lipinski definition) is 2. The smallest absolute Gasteiger partial charge is 0.244 e. The first kappa shape index (κ1) is 20.0. The Morgan fingerprint density at radius 3 is 2.60 bits per heavy atom. The molecule has 0 fully saturated rings. The maximum Gasteiger partial charge on any atom is 0.244 e. The molecule has 0 aliphatic carbocycles. The zero-order valence-electron chi connectivity index (χ0n) is 14.5. The quantitative estimate of drug-likeness (QED) is 0.425. The number of hydrogen-bond donors (Lipinski definition) is 1. The maximum absolute atomic E-state index is 10.3. The third-order valence-electron chi connectivity index (χ3n) is 4.27. The van der Waals surface area contributed by atoms with Crippen LogP contribution < -0.4 is 33.3 Å². The van der Waals surface area contributed by atoms with Crippen LogP contribution in [0, 0.1) is 13.8 Å². The number of imidazole rings is 1. The third-order valence-corrected chi connectivity index (χ3v) is 4.58. The first-order chi connectivity index (χ1) is 11.5. The van der Waals surface area contributed by atoms with Gasteiger partial charge in [-0.2, -0.15) is 0 Å². The van der Waals surface area contributed by atoms with E-state index in [4.69, 9.17) is 16.3 Å². The Kier molecular flexibility index (Phi) is 6.71. The van der Waals surface area contributed by atoms with E-state index in [2.05, 4.69) is 35.1 Å². The molecule has 0 aliphatic rings. The van der Waals surface area contributed by atoms with Crippen molar-refractivity contribution < 1.29 is 38.4 Å². The number of rotatable bonds is 5. The number of aliphatic hydroxyl groups is 1. The van der Waals surface area contributed by atoms with Crippen LogP contribution in [0.4, 0.5) is 0 Å². The van der Waals surface area contributed by atoms with Gasteiger partial charge in [-0.1, -0.05) is 23.7 Å². The molecule has 25 heavy (non-hydrogen) atoms. The second-order valence-corrected chi connectivity index (χ2v) is 6.61. The molecular formula is C19H22ClIN2O2. The Labute approximate surface area is 170 Å². The van der Waals surface area contributed by atoms with Crippen LogP contribution in [0.15, 0.2) is 42.7 Å². The number of benzene rings is 2. The largest absolute Gasteiger partial charge is 1.00 e. The van der Waals surface area contributed by atoms with Crippen molar-refractivity contribution >= 4 is 22.6 Å². The molecule has 3 rings (SSSR count). The van der Waals surface area contributed by atoms with Crippen LogP contribution in [0.1, 0.15) is 11.1 Å². The van der Waals surface area contributed by atoms with Crippen LogP contribution in [0.25, 0.3) is 11.0 Å². The molecule has 1 unspecified atom stereocenters. The molecule has 0 spiro atoms. The molecule has 3 aromatic rings. The van der Waals surface area contributed by atoms with E-state index in [-0.39, 0.29) is 30.6 Å². The van der Waals surface area contributed by atoms with Gasteiger partial charge in [-0.3, -0.25) is 0 Å². The van der Waals surface area contributed by atoms with Gasteiger partial charge in [-0.25, -0.2) is 9.13 Å². The number of para-hydroxylation sites is 1. The van der Waals surface area contributed by atoms with Gasteiger partial charge in [-0.15, -0.1) is 0 Å². The summed E-state index contributed by atoms with van der Waals surface area (Å²) in [5, 5.41) is 10.9. The number of nitrogens with zero attached hydrogens (tertiary/aromatic N) is 2. The summed E-state index contributed by atoms with van der Waals surface area (Å²) < 4.78 is 9.76. The topological polar surface area (TPSA) is 38.3 Å². The summed E-state index contributed by atoms with van der Waals surface area (Å²) in [6.45, 7) is 4.86. The average molecular weight is 473 g/mol. The summed E-state index contributed by atoms with van der Waals surface area (Å²) >= 11 is 6.07. The summed E-state index contributed by atoms with van der Waals surface area (Å²) in [5.41, 5.74) is 4.76. The summed E-state index contributed by atoms with van der Waals surface area (Å²) in [6.07, 6.45) is 1.38. The van der Waals surface area contributed by atoms with Crippen LogP contribution >= 0.6 is 11.6 Å². The minimum atomic E-state index is -0.626. The molecule has 1 N–H and O–H groups in total. The van der Waals surface area contributed by atoms with Crippen molar-refractivity contribution in [2.75, 3.05) is 6.61 Å². The molecule has 4 nitrogen and oxygen atoms in total. The summed E-state index contributed by atoms with van der Waals surface area (Å²) in [7, 11) is 2.01. The van der Waals surface area contributed by atoms with Crippen LogP contribution in [-0.2, 0) is 13.6 Å². The molecule has 2 aromatic carbocycles. The van der Waals surface area contributed by atoms with Gasteiger partial charge in [0.15, 0.2) is 11.0 Å². The van der Waals surface area contributed by atoms with Gasteiger partial charge in [-0.05, 0) is 49.2 Å². The Morgan fingerprint density at radius 2 is 1.88 bits per heavy atom. The number of aromatic nitrogens is 2. The molecule has 1 heterocycles. The van der Waals surface area contributed by atoms with Gasteiger partial charge < -0.3 is 33.8 Å². The van der Waals surface area contributed by atoms with Gasteiger partial charge >= 0.3 is 0 Å². The molecule has 0 saturated carbocycles. The minimum Gasteiger partial charge on any atom is -1.00 e. The SMILES string of the molecule is Cc1cc2c(cc1C)[n+](C)cn2CC(O)COc1ccccc1Cl.[I-]. The standard InChI is InChI=1S/C19H22ClN2O2.HI/c1-13-8-17-18(9-14(13)2)22(12-21(17)3)10-15(23)11-24-19-7-5-4-6-16(19)20;/h4-9,12,15,23H,10-11H2,1-3H3;1H/q+1;/p-1. The molecule has 0 aliphatic heterocycles. The van der Waals surface area contributed by atoms with E-state index in [0.29, 0.717) is 17.3 Å². The summed E-state index contributed by atoms with van der Waals surface area (Å²) in [4.78, 5) is 0. The summed E-state index contributed by atoms with van der Waals surface area (Å²) in [5.74, 6) is 0.590. The first-order valence-corrected chi connectivity index (χ1v) is 8.34. The lowest BCUT2D eigenvalue weighted by molar-refractivity contribution is -0.645. The lowest BCUT2D eigenvalue weighted by atomic mass is 10.1. The van der Waals surface area contributed by atoms with Crippen LogP contribution in [0.3, 0.4) is 0 Å². The number of aliphatic hydroxyl groups excluding tert-OH is 1. The van der Waals surface area contributed by atoms with Crippen molar-refractivity contribution in [3.8, 4) is 5.75 Å². The average Bonchev–Trinajstić information content (AvgIpc) is 2.83. The fourth-order valence-electron chi connectivity index (χ4n) is 2.80. The lowest BCUT2D eigenvalue weighted by Gasteiger charge is -2.12. The maximum atomic E-state index is 10.3. The highest BCUT2D eigenvalue weighted by molar-refractivity contribution is 6.32. The fourth-order valence-corrected chi connectivity index (χ4v) is 3.00. The van der Waals surface area contributed by atoms with Crippen molar-refractivity contribution in [1.82, 2.24) is 4.57 Å². The van der Waals surface area contributed by atoms with E-state index in [1.807, 2.05) is 25.5 Å². The molecule has 6 heteroatoms. The van der Waals surface area contributed by atoms with Gasteiger partial charge in [0.1, 0.15) is 25.0 Å². The van der Waals surface area contributed by atoms with E-state index < -0.39 is 6.10 Å². The Bertz CT molecular complexity index is 879. The fraction of sp³-hybridized carbons (Fsp3) is 0.316. The predicted molar refractivity (Wildman–Crippen MR) is 95.5 cm³/mol. The molecule has 0 amide bonds. The highest BCUT2D eigenvalue weighted by Crippen LogP contribution is 2.23.